The Kier molecular flexibility index (Phi) is 5.02. The quantitative estimate of drug-likeness (QED) is 0.654. The monoisotopic (exact) mass is 415 g/mol. The first-order valence-electron chi connectivity index (χ1n) is 10.1. The summed E-state index contributed by atoms with van der Waals surface area (Å²) >= 11 is 6.36. The molecule has 0 radical (unpaired) electrons. The van der Waals surface area contributed by atoms with Crippen molar-refractivity contribution in [3.8, 4) is 0 Å². The molecule has 1 aliphatic rings. The van der Waals surface area contributed by atoms with Crippen LogP contribution in [0.25, 0.3) is 11.2 Å². The minimum Gasteiger partial charge on any atom is -0.311 e. The number of aromatic nitrogens is 4. The van der Waals surface area contributed by atoms with Crippen LogP contribution in [0.1, 0.15) is 32.3 Å². The lowest BCUT2D eigenvalue weighted by Gasteiger charge is -2.34. The molecule has 0 N–H and O–H groups in total. The maximum Gasteiger partial charge on any atom is 0.332 e. The van der Waals surface area contributed by atoms with E-state index < -0.39 is 0 Å². The fourth-order valence-electron chi connectivity index (χ4n) is 4.11. The van der Waals surface area contributed by atoms with Crippen LogP contribution < -0.4 is 16.1 Å². The normalized spacial score (nSPS) is 16.4. The molecule has 7 nitrogen and oxygen atoms in total. The maximum absolute atomic E-state index is 13.3. The van der Waals surface area contributed by atoms with Crippen molar-refractivity contribution >= 4 is 34.4 Å². The number of imidazole rings is 1. The van der Waals surface area contributed by atoms with Crippen molar-refractivity contribution in [2.24, 2.45) is 13.0 Å². The third-order valence-corrected chi connectivity index (χ3v) is 6.12. The van der Waals surface area contributed by atoms with Crippen molar-refractivity contribution in [3.63, 3.8) is 0 Å². The molecule has 4 rings (SSSR count). The van der Waals surface area contributed by atoms with Gasteiger partial charge in [-0.05, 0) is 37.0 Å². The second kappa shape index (κ2) is 7.37. The van der Waals surface area contributed by atoms with Crippen LogP contribution in [-0.4, -0.2) is 25.2 Å². The number of hydrogen-bond acceptors (Lipinski definition) is 4. The van der Waals surface area contributed by atoms with E-state index in [0.29, 0.717) is 41.1 Å². The summed E-state index contributed by atoms with van der Waals surface area (Å²) in [6, 6.07) is 5.80. The summed E-state index contributed by atoms with van der Waals surface area (Å²) < 4.78 is 4.80. The molecule has 1 aliphatic heterocycles. The Bertz CT molecular complexity index is 1210. The van der Waals surface area contributed by atoms with E-state index in [4.69, 9.17) is 16.6 Å². The number of rotatable bonds is 4. The van der Waals surface area contributed by atoms with Crippen molar-refractivity contribution < 1.29 is 0 Å². The van der Waals surface area contributed by atoms with E-state index in [-0.39, 0.29) is 11.2 Å². The standard InChI is InChI=1S/C21H26ClN5O2/c1-5-6-10-25-19(28)17-18(24(4)21(25)29)23-20-26(11-13(2)12-27(17)20)16-9-7-8-15(22)14(16)3/h7-9,13H,5-6,10-12H2,1-4H3. The van der Waals surface area contributed by atoms with Crippen LogP contribution in [0.15, 0.2) is 27.8 Å². The molecule has 1 unspecified atom stereocenters. The molecule has 2 aromatic heterocycles. The summed E-state index contributed by atoms with van der Waals surface area (Å²) in [6.07, 6.45) is 1.70. The van der Waals surface area contributed by atoms with Crippen LogP contribution in [0, 0.1) is 12.8 Å². The Morgan fingerprint density at radius 1 is 1.24 bits per heavy atom. The van der Waals surface area contributed by atoms with Crippen LogP contribution in [-0.2, 0) is 20.1 Å². The van der Waals surface area contributed by atoms with E-state index >= 15 is 0 Å². The second-order valence-corrected chi connectivity index (χ2v) is 8.35. The van der Waals surface area contributed by atoms with Gasteiger partial charge in [0.1, 0.15) is 0 Å². The van der Waals surface area contributed by atoms with E-state index in [2.05, 4.69) is 11.8 Å². The fourth-order valence-corrected chi connectivity index (χ4v) is 4.28. The molecule has 8 heteroatoms. The zero-order valence-corrected chi connectivity index (χ0v) is 18.0. The minimum absolute atomic E-state index is 0.257. The minimum atomic E-state index is -0.315. The molecule has 0 fully saturated rings. The number of halogens is 1. The lowest BCUT2D eigenvalue weighted by atomic mass is 10.1. The highest BCUT2D eigenvalue weighted by Crippen LogP contribution is 2.36. The van der Waals surface area contributed by atoms with E-state index in [9.17, 15) is 9.59 Å². The summed E-state index contributed by atoms with van der Waals surface area (Å²) in [5.74, 6) is 0.989. The lowest BCUT2D eigenvalue weighted by Crippen LogP contribution is -2.40. The van der Waals surface area contributed by atoms with Gasteiger partial charge in [-0.1, -0.05) is 37.9 Å². The number of benzene rings is 1. The number of anilines is 2. The third kappa shape index (κ3) is 3.08. The van der Waals surface area contributed by atoms with Crippen LogP contribution in [0.2, 0.25) is 5.02 Å². The molecule has 154 valence electrons. The second-order valence-electron chi connectivity index (χ2n) is 7.95. The number of nitrogens with zero attached hydrogens (tertiary/aromatic N) is 5. The number of aryl methyl sites for hydroxylation is 1. The Morgan fingerprint density at radius 2 is 2.00 bits per heavy atom. The molecular formula is C21H26ClN5O2. The highest BCUT2D eigenvalue weighted by Gasteiger charge is 2.30. The zero-order chi connectivity index (χ0) is 20.9. The Balaban J connectivity index is 2.00. The Morgan fingerprint density at radius 3 is 2.72 bits per heavy atom. The summed E-state index contributed by atoms with van der Waals surface area (Å²) in [4.78, 5) is 32.9. The average molecular weight is 416 g/mol. The highest BCUT2D eigenvalue weighted by molar-refractivity contribution is 6.31. The van der Waals surface area contributed by atoms with Gasteiger partial charge in [-0.15, -0.1) is 0 Å². The van der Waals surface area contributed by atoms with E-state index in [1.54, 1.807) is 7.05 Å². The van der Waals surface area contributed by atoms with Gasteiger partial charge < -0.3 is 9.47 Å². The molecule has 3 heterocycles. The van der Waals surface area contributed by atoms with Crippen LogP contribution in [0.5, 0.6) is 0 Å². The third-order valence-electron chi connectivity index (χ3n) is 5.71. The van der Waals surface area contributed by atoms with E-state index in [1.807, 2.05) is 36.6 Å². The van der Waals surface area contributed by atoms with E-state index in [1.165, 1.54) is 9.13 Å². The Labute approximate surface area is 174 Å². The number of unbranched alkanes of at least 4 members (excludes halogenated alkanes) is 1. The zero-order valence-electron chi connectivity index (χ0n) is 17.3. The molecular weight excluding hydrogens is 390 g/mol. The van der Waals surface area contributed by atoms with Gasteiger partial charge in [-0.25, -0.2) is 4.79 Å². The molecule has 1 aromatic carbocycles. The first-order chi connectivity index (χ1) is 13.8. The average Bonchev–Trinajstić information content (AvgIpc) is 3.07. The van der Waals surface area contributed by atoms with Gasteiger partial charge in [0.25, 0.3) is 5.56 Å². The molecule has 0 spiro atoms. The summed E-state index contributed by atoms with van der Waals surface area (Å²) in [6.45, 7) is 8.05. The number of fused-ring (bicyclic) bond motifs is 3. The molecule has 0 aliphatic carbocycles. The molecule has 3 aromatic rings. The van der Waals surface area contributed by atoms with Gasteiger partial charge in [0, 0.05) is 37.4 Å². The predicted octanol–water partition coefficient (Wildman–Crippen LogP) is 3.45. The van der Waals surface area contributed by atoms with Gasteiger partial charge in [0.15, 0.2) is 11.2 Å². The van der Waals surface area contributed by atoms with Crippen molar-refractivity contribution in [1.29, 1.82) is 0 Å². The van der Waals surface area contributed by atoms with Crippen LogP contribution in [0.3, 0.4) is 0 Å². The molecule has 0 bridgehead atoms. The van der Waals surface area contributed by atoms with Crippen LogP contribution >= 0.6 is 11.6 Å². The van der Waals surface area contributed by atoms with Crippen molar-refractivity contribution in [2.75, 3.05) is 11.4 Å². The molecule has 0 saturated heterocycles. The molecule has 29 heavy (non-hydrogen) atoms. The van der Waals surface area contributed by atoms with Crippen LogP contribution in [0.4, 0.5) is 11.6 Å². The topological polar surface area (TPSA) is 65.1 Å². The fraction of sp³-hybridized carbons (Fsp3) is 0.476. The largest absolute Gasteiger partial charge is 0.332 e. The predicted molar refractivity (Wildman–Crippen MR) is 117 cm³/mol. The highest BCUT2D eigenvalue weighted by atomic mass is 35.5. The molecule has 0 amide bonds. The maximum atomic E-state index is 13.3. The van der Waals surface area contributed by atoms with Gasteiger partial charge in [0.05, 0.1) is 0 Å². The van der Waals surface area contributed by atoms with Crippen molar-refractivity contribution in [2.45, 2.75) is 46.7 Å². The first-order valence-corrected chi connectivity index (χ1v) is 10.5. The van der Waals surface area contributed by atoms with Gasteiger partial charge in [-0.3, -0.25) is 13.9 Å². The van der Waals surface area contributed by atoms with Gasteiger partial charge >= 0.3 is 5.69 Å². The lowest BCUT2D eigenvalue weighted by molar-refractivity contribution is 0.457. The Hall–Kier alpha value is -2.54. The van der Waals surface area contributed by atoms with Crippen molar-refractivity contribution in [3.05, 3.63) is 49.6 Å². The number of hydrogen-bond donors (Lipinski definition) is 0. The van der Waals surface area contributed by atoms with Gasteiger partial charge in [0.2, 0.25) is 5.95 Å². The molecule has 1 atom stereocenters. The smallest absolute Gasteiger partial charge is 0.311 e. The molecule has 0 saturated carbocycles. The summed E-state index contributed by atoms with van der Waals surface area (Å²) in [5.41, 5.74) is 2.29. The van der Waals surface area contributed by atoms with E-state index in [0.717, 1.165) is 30.6 Å². The SMILES string of the molecule is CCCCn1c(=O)c2c(nc3n2CC(C)CN3c2cccc(Cl)c2C)n(C)c1=O. The summed E-state index contributed by atoms with van der Waals surface area (Å²) in [5, 5.41) is 0.692. The summed E-state index contributed by atoms with van der Waals surface area (Å²) in [7, 11) is 1.68. The first kappa shape index (κ1) is 19.8. The van der Waals surface area contributed by atoms with Gasteiger partial charge in [-0.2, -0.15) is 4.98 Å². The van der Waals surface area contributed by atoms with Crippen molar-refractivity contribution in [1.82, 2.24) is 18.7 Å².